The standard InChI is InChI=1S/C22H17BrN2O2S/c1-2-27-19-12-7-14-5-3-4-6-17(14)18(19)13-20-21(26)25-22(28-20)24-16-10-8-15(23)9-11-16/h3-13H,2H2,1H3,(H,24,25,26)/b20-13-. The van der Waals surface area contributed by atoms with Crippen LogP contribution >= 0.6 is 27.7 Å². The van der Waals surface area contributed by atoms with E-state index in [-0.39, 0.29) is 5.91 Å². The Labute approximate surface area is 175 Å². The highest BCUT2D eigenvalue weighted by Crippen LogP contribution is 2.34. The van der Waals surface area contributed by atoms with Crippen LogP contribution in [0.5, 0.6) is 5.75 Å². The topological polar surface area (TPSA) is 50.7 Å². The Balaban J connectivity index is 1.72. The first-order valence-electron chi connectivity index (χ1n) is 8.84. The molecule has 1 fully saturated rings. The summed E-state index contributed by atoms with van der Waals surface area (Å²) in [5, 5.41) is 5.56. The van der Waals surface area contributed by atoms with E-state index in [0.29, 0.717) is 16.7 Å². The van der Waals surface area contributed by atoms with Gasteiger partial charge in [-0.1, -0.05) is 46.3 Å². The molecule has 1 aliphatic heterocycles. The molecule has 0 aliphatic carbocycles. The maximum absolute atomic E-state index is 12.5. The summed E-state index contributed by atoms with van der Waals surface area (Å²) in [5.74, 6) is 0.608. The number of ether oxygens (including phenoxy) is 1. The number of hydrogen-bond donors (Lipinski definition) is 1. The fourth-order valence-electron chi connectivity index (χ4n) is 2.95. The van der Waals surface area contributed by atoms with Crippen molar-refractivity contribution in [3.63, 3.8) is 0 Å². The SMILES string of the molecule is CCOc1ccc2ccccc2c1/C=C1\SC(=Nc2ccc(Br)cc2)NC1=O. The predicted molar refractivity (Wildman–Crippen MR) is 120 cm³/mol. The van der Waals surface area contributed by atoms with Gasteiger partial charge >= 0.3 is 0 Å². The minimum absolute atomic E-state index is 0.156. The van der Waals surface area contributed by atoms with Gasteiger partial charge in [0, 0.05) is 10.0 Å². The lowest BCUT2D eigenvalue weighted by atomic mass is 10.0. The van der Waals surface area contributed by atoms with Crippen LogP contribution in [0.25, 0.3) is 16.8 Å². The van der Waals surface area contributed by atoms with E-state index >= 15 is 0 Å². The van der Waals surface area contributed by atoms with Gasteiger partial charge in [-0.25, -0.2) is 4.99 Å². The summed E-state index contributed by atoms with van der Waals surface area (Å²) in [4.78, 5) is 17.6. The summed E-state index contributed by atoms with van der Waals surface area (Å²) in [5.41, 5.74) is 1.69. The number of aliphatic imine (C=N–C) groups is 1. The predicted octanol–water partition coefficient (Wildman–Crippen LogP) is 5.89. The molecule has 1 saturated heterocycles. The number of rotatable bonds is 4. The van der Waals surface area contributed by atoms with Crippen molar-refractivity contribution >= 4 is 61.3 Å². The third-order valence-corrected chi connectivity index (χ3v) is 5.65. The zero-order valence-electron chi connectivity index (χ0n) is 15.1. The van der Waals surface area contributed by atoms with Gasteiger partial charge in [0.2, 0.25) is 0 Å². The Morgan fingerprint density at radius 1 is 1.11 bits per heavy atom. The van der Waals surface area contributed by atoms with E-state index in [2.05, 4.69) is 32.3 Å². The number of amidine groups is 1. The second-order valence-corrected chi connectivity index (χ2v) is 8.04. The van der Waals surface area contributed by atoms with Crippen molar-refractivity contribution in [2.75, 3.05) is 6.61 Å². The van der Waals surface area contributed by atoms with E-state index < -0.39 is 0 Å². The third kappa shape index (κ3) is 3.98. The lowest BCUT2D eigenvalue weighted by Gasteiger charge is -2.11. The Morgan fingerprint density at radius 3 is 2.68 bits per heavy atom. The number of carbonyl (C=O) groups is 1. The molecule has 0 atom stereocenters. The molecule has 1 amide bonds. The maximum atomic E-state index is 12.5. The third-order valence-electron chi connectivity index (χ3n) is 4.21. The first-order valence-corrected chi connectivity index (χ1v) is 10.4. The lowest BCUT2D eigenvalue weighted by molar-refractivity contribution is -0.115. The fourth-order valence-corrected chi connectivity index (χ4v) is 4.04. The summed E-state index contributed by atoms with van der Waals surface area (Å²) < 4.78 is 6.79. The normalized spacial score (nSPS) is 16.7. The second kappa shape index (κ2) is 8.20. The monoisotopic (exact) mass is 452 g/mol. The van der Waals surface area contributed by atoms with Gasteiger partial charge in [0.05, 0.1) is 17.2 Å². The van der Waals surface area contributed by atoms with Gasteiger partial charge in [0.1, 0.15) is 5.75 Å². The summed E-state index contributed by atoms with van der Waals surface area (Å²) in [7, 11) is 0. The molecule has 1 heterocycles. The fraction of sp³-hybridized carbons (Fsp3) is 0.0909. The van der Waals surface area contributed by atoms with Gasteiger partial charge in [-0.05, 0) is 65.9 Å². The molecule has 0 spiro atoms. The van der Waals surface area contributed by atoms with E-state index in [1.165, 1.54) is 11.8 Å². The van der Waals surface area contributed by atoms with Gasteiger partial charge < -0.3 is 10.1 Å². The number of benzene rings is 3. The lowest BCUT2D eigenvalue weighted by Crippen LogP contribution is -2.19. The van der Waals surface area contributed by atoms with Crippen molar-refractivity contribution in [1.82, 2.24) is 5.32 Å². The molecule has 0 saturated carbocycles. The smallest absolute Gasteiger partial charge is 0.264 e. The highest BCUT2D eigenvalue weighted by atomic mass is 79.9. The molecule has 28 heavy (non-hydrogen) atoms. The zero-order chi connectivity index (χ0) is 19.5. The Kier molecular flexibility index (Phi) is 5.50. The molecule has 0 aromatic heterocycles. The van der Waals surface area contributed by atoms with Gasteiger partial charge in [0.15, 0.2) is 5.17 Å². The molecule has 3 aromatic carbocycles. The Bertz CT molecular complexity index is 1110. The van der Waals surface area contributed by atoms with Crippen LogP contribution in [0.15, 0.2) is 75.0 Å². The number of nitrogens with zero attached hydrogens (tertiary/aromatic N) is 1. The highest BCUT2D eigenvalue weighted by Gasteiger charge is 2.24. The molecule has 4 nitrogen and oxygen atoms in total. The molecule has 1 N–H and O–H groups in total. The van der Waals surface area contributed by atoms with Crippen molar-refractivity contribution in [1.29, 1.82) is 0 Å². The number of amides is 1. The van der Waals surface area contributed by atoms with Crippen LogP contribution in [0, 0.1) is 0 Å². The van der Waals surface area contributed by atoms with Gasteiger partial charge in [-0.15, -0.1) is 0 Å². The summed E-state index contributed by atoms with van der Waals surface area (Å²) in [6.45, 7) is 2.51. The first kappa shape index (κ1) is 18.8. The number of carbonyl (C=O) groups excluding carboxylic acids is 1. The summed E-state index contributed by atoms with van der Waals surface area (Å²) >= 11 is 4.74. The first-order chi connectivity index (χ1) is 13.6. The molecular formula is C22H17BrN2O2S. The highest BCUT2D eigenvalue weighted by molar-refractivity contribution is 9.10. The van der Waals surface area contributed by atoms with E-state index in [9.17, 15) is 4.79 Å². The van der Waals surface area contributed by atoms with E-state index in [1.54, 1.807) is 0 Å². The summed E-state index contributed by atoms with van der Waals surface area (Å²) in [6.07, 6.45) is 1.89. The molecule has 0 bridgehead atoms. The number of fused-ring (bicyclic) bond motifs is 1. The second-order valence-electron chi connectivity index (χ2n) is 6.09. The largest absolute Gasteiger partial charge is 0.493 e. The molecule has 4 rings (SSSR count). The average Bonchev–Trinajstić information content (AvgIpc) is 3.04. The van der Waals surface area contributed by atoms with E-state index in [0.717, 1.165) is 32.2 Å². The molecule has 0 unspecified atom stereocenters. The molecule has 140 valence electrons. The van der Waals surface area contributed by atoms with Crippen LogP contribution in [0.4, 0.5) is 5.69 Å². The van der Waals surface area contributed by atoms with Crippen LogP contribution in [0.2, 0.25) is 0 Å². The Morgan fingerprint density at radius 2 is 1.89 bits per heavy atom. The Hall–Kier alpha value is -2.57. The number of thioether (sulfide) groups is 1. The number of halogens is 1. The van der Waals surface area contributed by atoms with Crippen molar-refractivity contribution in [2.24, 2.45) is 4.99 Å². The zero-order valence-corrected chi connectivity index (χ0v) is 17.5. The van der Waals surface area contributed by atoms with Crippen molar-refractivity contribution in [3.8, 4) is 5.75 Å². The van der Waals surface area contributed by atoms with E-state index in [4.69, 9.17) is 4.74 Å². The minimum atomic E-state index is -0.156. The average molecular weight is 453 g/mol. The van der Waals surface area contributed by atoms with Crippen LogP contribution in [-0.4, -0.2) is 17.7 Å². The number of nitrogens with one attached hydrogen (secondary N) is 1. The molecule has 1 aliphatic rings. The van der Waals surface area contributed by atoms with Gasteiger partial charge in [0.25, 0.3) is 5.91 Å². The quantitative estimate of drug-likeness (QED) is 0.501. The number of hydrogen-bond acceptors (Lipinski definition) is 4. The molecule has 6 heteroatoms. The van der Waals surface area contributed by atoms with E-state index in [1.807, 2.05) is 67.6 Å². The molecule has 3 aromatic rings. The van der Waals surface area contributed by atoms with Crippen molar-refractivity contribution in [3.05, 3.63) is 75.6 Å². The van der Waals surface area contributed by atoms with Crippen molar-refractivity contribution < 1.29 is 9.53 Å². The van der Waals surface area contributed by atoms with Crippen LogP contribution in [-0.2, 0) is 4.79 Å². The van der Waals surface area contributed by atoms with Gasteiger partial charge in [-0.3, -0.25) is 4.79 Å². The van der Waals surface area contributed by atoms with Crippen LogP contribution in [0.1, 0.15) is 12.5 Å². The minimum Gasteiger partial charge on any atom is -0.493 e. The summed E-state index contributed by atoms with van der Waals surface area (Å²) in [6, 6.07) is 19.7. The van der Waals surface area contributed by atoms with Crippen molar-refractivity contribution in [2.45, 2.75) is 6.92 Å². The molecular weight excluding hydrogens is 436 g/mol. The molecule has 0 radical (unpaired) electrons. The van der Waals surface area contributed by atoms with Gasteiger partial charge in [-0.2, -0.15) is 0 Å². The van der Waals surface area contributed by atoms with Crippen LogP contribution < -0.4 is 10.1 Å². The van der Waals surface area contributed by atoms with Crippen LogP contribution in [0.3, 0.4) is 0 Å². The maximum Gasteiger partial charge on any atom is 0.264 e.